The first kappa shape index (κ1) is 18.6. The molecule has 0 aromatic heterocycles. The predicted molar refractivity (Wildman–Crippen MR) is 103 cm³/mol. The molecule has 26 heavy (non-hydrogen) atoms. The first-order valence-corrected chi connectivity index (χ1v) is 9.38. The predicted octanol–water partition coefficient (Wildman–Crippen LogP) is 6.29. The van der Waals surface area contributed by atoms with Crippen molar-refractivity contribution >= 4 is 6.29 Å². The number of carbonyl (C=O) groups is 1. The monoisotopic (exact) mass is 354 g/mol. The molecule has 1 aliphatic carbocycles. The number of aldehydes is 1. The van der Waals surface area contributed by atoms with Gasteiger partial charge >= 0.3 is 0 Å². The van der Waals surface area contributed by atoms with Crippen LogP contribution in [0.25, 0.3) is 11.1 Å². The summed E-state index contributed by atoms with van der Waals surface area (Å²) in [6.07, 6.45) is 5.30. The van der Waals surface area contributed by atoms with Gasteiger partial charge in [0.05, 0.1) is 6.10 Å². The van der Waals surface area contributed by atoms with Crippen molar-refractivity contribution in [3.8, 4) is 16.9 Å². The molecule has 0 spiro atoms. The van der Waals surface area contributed by atoms with Crippen LogP contribution in [-0.4, -0.2) is 12.4 Å². The van der Waals surface area contributed by atoms with Crippen LogP contribution < -0.4 is 4.74 Å². The van der Waals surface area contributed by atoms with Crippen LogP contribution in [-0.2, 0) is 0 Å². The van der Waals surface area contributed by atoms with Gasteiger partial charge in [0.2, 0.25) is 0 Å². The van der Waals surface area contributed by atoms with E-state index in [1.54, 1.807) is 30.3 Å². The minimum Gasteiger partial charge on any atom is -0.490 e. The molecule has 1 aliphatic rings. The standard InChI is InChI=1S/C23H27FO2/c1-23(2,3)18-7-9-19(10-8-18)26-20-11-12-21(22(24)14-20)17-6-4-5-16(13-17)15-25/h4-6,11-15,18-19H,7-10H2,1-3H3/t18-,19-. The van der Waals surface area contributed by atoms with Crippen LogP contribution >= 0.6 is 0 Å². The third-order valence-corrected chi connectivity index (χ3v) is 5.48. The molecule has 2 nitrogen and oxygen atoms in total. The summed E-state index contributed by atoms with van der Waals surface area (Å²) in [5.41, 5.74) is 2.06. The number of rotatable bonds is 4. The Morgan fingerprint density at radius 3 is 2.38 bits per heavy atom. The van der Waals surface area contributed by atoms with Crippen molar-refractivity contribution in [2.24, 2.45) is 11.3 Å². The average Bonchev–Trinajstić information content (AvgIpc) is 2.61. The van der Waals surface area contributed by atoms with Gasteiger partial charge in [0.1, 0.15) is 17.9 Å². The van der Waals surface area contributed by atoms with Crippen LogP contribution in [0.3, 0.4) is 0 Å². The van der Waals surface area contributed by atoms with E-state index in [0.717, 1.165) is 37.9 Å². The van der Waals surface area contributed by atoms with E-state index < -0.39 is 0 Å². The van der Waals surface area contributed by atoms with Crippen LogP contribution in [0, 0.1) is 17.2 Å². The number of hydrogen-bond donors (Lipinski definition) is 0. The molecule has 0 aliphatic heterocycles. The number of halogens is 1. The average molecular weight is 354 g/mol. The van der Waals surface area contributed by atoms with Gasteiger partial charge < -0.3 is 4.74 Å². The van der Waals surface area contributed by atoms with Gasteiger partial charge in [-0.25, -0.2) is 4.39 Å². The molecule has 0 saturated heterocycles. The summed E-state index contributed by atoms with van der Waals surface area (Å²) < 4.78 is 20.6. The first-order chi connectivity index (χ1) is 12.4. The van der Waals surface area contributed by atoms with Crippen LogP contribution in [0.5, 0.6) is 5.75 Å². The molecule has 0 heterocycles. The molecule has 0 N–H and O–H groups in total. The van der Waals surface area contributed by atoms with E-state index in [9.17, 15) is 9.18 Å². The second-order valence-electron chi connectivity index (χ2n) is 8.34. The minimum atomic E-state index is -0.325. The van der Waals surface area contributed by atoms with Gasteiger partial charge in [0, 0.05) is 17.2 Å². The molecule has 0 radical (unpaired) electrons. The summed E-state index contributed by atoms with van der Waals surface area (Å²) in [6.45, 7) is 6.89. The van der Waals surface area contributed by atoms with E-state index in [0.29, 0.717) is 27.9 Å². The molecule has 0 atom stereocenters. The van der Waals surface area contributed by atoms with E-state index >= 15 is 0 Å². The van der Waals surface area contributed by atoms with Gasteiger partial charge in [0.25, 0.3) is 0 Å². The molecular formula is C23H27FO2. The molecule has 3 heteroatoms. The maximum absolute atomic E-state index is 14.6. The zero-order valence-electron chi connectivity index (χ0n) is 15.8. The van der Waals surface area contributed by atoms with Crippen molar-refractivity contribution in [2.45, 2.75) is 52.6 Å². The second kappa shape index (κ2) is 7.61. The van der Waals surface area contributed by atoms with Crippen molar-refractivity contribution in [2.75, 3.05) is 0 Å². The van der Waals surface area contributed by atoms with E-state index in [1.807, 2.05) is 6.07 Å². The Hall–Kier alpha value is -2.16. The normalized spacial score (nSPS) is 20.6. The number of ether oxygens (including phenoxy) is 1. The number of hydrogen-bond acceptors (Lipinski definition) is 2. The Morgan fingerprint density at radius 2 is 1.77 bits per heavy atom. The quantitative estimate of drug-likeness (QED) is 0.603. The van der Waals surface area contributed by atoms with Gasteiger partial charge in [0.15, 0.2) is 0 Å². The van der Waals surface area contributed by atoms with Gasteiger partial charge in [-0.15, -0.1) is 0 Å². The highest BCUT2D eigenvalue weighted by molar-refractivity contribution is 5.79. The largest absolute Gasteiger partial charge is 0.490 e. The molecule has 0 amide bonds. The lowest BCUT2D eigenvalue weighted by Crippen LogP contribution is -2.30. The summed E-state index contributed by atoms with van der Waals surface area (Å²) in [7, 11) is 0. The summed E-state index contributed by atoms with van der Waals surface area (Å²) in [5, 5.41) is 0. The summed E-state index contributed by atoms with van der Waals surface area (Å²) >= 11 is 0. The molecule has 0 bridgehead atoms. The molecule has 2 aromatic carbocycles. The number of benzene rings is 2. The van der Waals surface area contributed by atoms with Crippen molar-refractivity contribution in [1.82, 2.24) is 0 Å². The van der Waals surface area contributed by atoms with E-state index in [1.165, 1.54) is 6.07 Å². The van der Waals surface area contributed by atoms with Crippen molar-refractivity contribution in [3.05, 3.63) is 53.8 Å². The SMILES string of the molecule is CC(C)(C)[C@H]1CC[C@H](Oc2ccc(-c3cccc(C=O)c3)c(F)c2)CC1. The maximum atomic E-state index is 14.6. The Labute approximate surface area is 155 Å². The molecule has 1 saturated carbocycles. The third-order valence-electron chi connectivity index (χ3n) is 5.48. The Morgan fingerprint density at radius 1 is 1.04 bits per heavy atom. The highest BCUT2D eigenvalue weighted by Gasteiger charge is 2.30. The van der Waals surface area contributed by atoms with Gasteiger partial charge in [-0.1, -0.05) is 39.0 Å². The molecule has 3 rings (SSSR count). The highest BCUT2D eigenvalue weighted by Crippen LogP contribution is 2.39. The zero-order valence-corrected chi connectivity index (χ0v) is 15.8. The Kier molecular flexibility index (Phi) is 5.45. The summed E-state index contributed by atoms with van der Waals surface area (Å²) in [5.74, 6) is 0.984. The Balaban J connectivity index is 1.68. The van der Waals surface area contributed by atoms with Gasteiger partial charge in [-0.3, -0.25) is 4.79 Å². The van der Waals surface area contributed by atoms with E-state index in [-0.39, 0.29) is 11.9 Å². The number of carbonyl (C=O) groups excluding carboxylic acids is 1. The molecule has 0 unspecified atom stereocenters. The van der Waals surface area contributed by atoms with Crippen LogP contribution in [0.1, 0.15) is 56.8 Å². The fourth-order valence-corrected chi connectivity index (χ4v) is 3.82. The lowest BCUT2D eigenvalue weighted by molar-refractivity contribution is 0.0880. The van der Waals surface area contributed by atoms with Crippen LogP contribution in [0.2, 0.25) is 0 Å². The molecular weight excluding hydrogens is 327 g/mol. The van der Waals surface area contributed by atoms with Crippen LogP contribution in [0.4, 0.5) is 4.39 Å². The van der Waals surface area contributed by atoms with Crippen LogP contribution in [0.15, 0.2) is 42.5 Å². The zero-order chi connectivity index (χ0) is 18.7. The smallest absolute Gasteiger partial charge is 0.150 e. The molecule has 1 fully saturated rings. The maximum Gasteiger partial charge on any atom is 0.150 e. The van der Waals surface area contributed by atoms with Crippen molar-refractivity contribution in [1.29, 1.82) is 0 Å². The second-order valence-corrected chi connectivity index (χ2v) is 8.34. The first-order valence-electron chi connectivity index (χ1n) is 9.38. The van der Waals surface area contributed by atoms with Crippen molar-refractivity contribution in [3.63, 3.8) is 0 Å². The summed E-state index contributed by atoms with van der Waals surface area (Å²) in [4.78, 5) is 10.9. The topological polar surface area (TPSA) is 26.3 Å². The molecule has 138 valence electrons. The Bertz CT molecular complexity index is 768. The lowest BCUT2D eigenvalue weighted by atomic mass is 9.72. The van der Waals surface area contributed by atoms with Gasteiger partial charge in [-0.05, 0) is 60.8 Å². The highest BCUT2D eigenvalue weighted by atomic mass is 19.1. The fourth-order valence-electron chi connectivity index (χ4n) is 3.82. The van der Waals surface area contributed by atoms with Gasteiger partial charge in [-0.2, -0.15) is 0 Å². The van der Waals surface area contributed by atoms with Crippen molar-refractivity contribution < 1.29 is 13.9 Å². The fraction of sp³-hybridized carbons (Fsp3) is 0.435. The van der Waals surface area contributed by atoms with E-state index in [4.69, 9.17) is 4.74 Å². The third kappa shape index (κ3) is 4.32. The minimum absolute atomic E-state index is 0.164. The molecule has 2 aromatic rings. The van der Waals surface area contributed by atoms with E-state index in [2.05, 4.69) is 20.8 Å². The summed E-state index contributed by atoms with van der Waals surface area (Å²) in [6, 6.07) is 12.0. The lowest BCUT2D eigenvalue weighted by Gasteiger charge is -2.36.